The monoisotopic (exact) mass is 208 g/mol. The van der Waals surface area contributed by atoms with Crippen LogP contribution >= 0.6 is 0 Å². The highest BCUT2D eigenvalue weighted by Gasteiger charge is 2.08. The molecule has 2 aromatic heterocycles. The van der Waals surface area contributed by atoms with E-state index in [1.165, 1.54) is 9.53 Å². The second-order valence-electron chi connectivity index (χ2n) is 2.97. The fourth-order valence-corrected chi connectivity index (χ4v) is 1.13. The van der Waals surface area contributed by atoms with Crippen LogP contribution in [0.4, 0.5) is 5.82 Å². The molecule has 0 saturated heterocycles. The van der Waals surface area contributed by atoms with Gasteiger partial charge in [0.1, 0.15) is 6.54 Å². The Balaban J connectivity index is 2.30. The van der Waals surface area contributed by atoms with Gasteiger partial charge in [-0.3, -0.25) is 4.79 Å². The first-order valence-corrected chi connectivity index (χ1v) is 4.15. The molecule has 0 spiro atoms. The van der Waals surface area contributed by atoms with Gasteiger partial charge in [0.15, 0.2) is 11.5 Å². The first-order chi connectivity index (χ1) is 7.16. The topological polar surface area (TPSA) is 96.5 Å². The van der Waals surface area contributed by atoms with Crippen LogP contribution in [-0.2, 0) is 4.79 Å². The summed E-state index contributed by atoms with van der Waals surface area (Å²) >= 11 is 0. The third-order valence-corrected chi connectivity index (χ3v) is 1.82. The third kappa shape index (κ3) is 1.82. The number of fused-ring (bicyclic) bond motifs is 1. The molecule has 0 aliphatic heterocycles. The fraction of sp³-hybridized carbons (Fsp3) is 0.286. The van der Waals surface area contributed by atoms with Crippen molar-refractivity contribution in [1.29, 1.82) is 0 Å². The SMILES string of the molecule is CN(CC(=O)O)c1ccc2nnnn2n1. The molecular weight excluding hydrogens is 200 g/mol. The van der Waals surface area contributed by atoms with Crippen molar-refractivity contribution in [3.8, 4) is 0 Å². The minimum Gasteiger partial charge on any atom is -0.480 e. The number of tetrazole rings is 1. The molecule has 0 bridgehead atoms. The average molecular weight is 208 g/mol. The lowest BCUT2D eigenvalue weighted by molar-refractivity contribution is -0.135. The standard InChI is InChI=1S/C7H8N6O2/c1-12(4-7(14)15)6-3-2-5-8-10-11-13(5)9-6/h2-3H,4H2,1H3,(H,14,15). The summed E-state index contributed by atoms with van der Waals surface area (Å²) in [7, 11) is 1.63. The molecule has 8 nitrogen and oxygen atoms in total. The quantitative estimate of drug-likeness (QED) is 0.693. The highest BCUT2D eigenvalue weighted by molar-refractivity contribution is 5.72. The molecule has 0 fully saturated rings. The Morgan fingerprint density at radius 3 is 3.13 bits per heavy atom. The summed E-state index contributed by atoms with van der Waals surface area (Å²) in [6.07, 6.45) is 0. The summed E-state index contributed by atoms with van der Waals surface area (Å²) < 4.78 is 1.24. The number of carbonyl (C=O) groups is 1. The molecule has 0 aliphatic rings. The van der Waals surface area contributed by atoms with Gasteiger partial charge < -0.3 is 10.0 Å². The minimum absolute atomic E-state index is 0.124. The van der Waals surface area contributed by atoms with E-state index in [1.807, 2.05) is 0 Å². The Morgan fingerprint density at radius 2 is 2.40 bits per heavy atom. The maximum atomic E-state index is 10.5. The predicted octanol–water partition coefficient (Wildman–Crippen LogP) is -0.960. The third-order valence-electron chi connectivity index (χ3n) is 1.82. The zero-order valence-electron chi connectivity index (χ0n) is 7.90. The number of aliphatic carboxylic acids is 1. The average Bonchev–Trinajstić information content (AvgIpc) is 2.62. The number of carboxylic acids is 1. The summed E-state index contributed by atoms with van der Waals surface area (Å²) in [5.41, 5.74) is 0.516. The first kappa shape index (κ1) is 9.31. The van der Waals surface area contributed by atoms with Gasteiger partial charge in [-0.05, 0) is 22.6 Å². The Morgan fingerprint density at radius 1 is 1.60 bits per heavy atom. The van der Waals surface area contributed by atoms with Crippen LogP contribution in [0.2, 0.25) is 0 Å². The Kier molecular flexibility index (Phi) is 2.16. The van der Waals surface area contributed by atoms with E-state index >= 15 is 0 Å². The van der Waals surface area contributed by atoms with Crippen molar-refractivity contribution < 1.29 is 9.90 Å². The smallest absolute Gasteiger partial charge is 0.323 e. The van der Waals surface area contributed by atoms with Crippen LogP contribution in [0.1, 0.15) is 0 Å². The van der Waals surface area contributed by atoms with Crippen molar-refractivity contribution in [2.75, 3.05) is 18.5 Å². The predicted molar refractivity (Wildman–Crippen MR) is 49.5 cm³/mol. The van der Waals surface area contributed by atoms with Crippen LogP contribution in [0.25, 0.3) is 5.65 Å². The van der Waals surface area contributed by atoms with E-state index in [1.54, 1.807) is 19.2 Å². The lowest BCUT2D eigenvalue weighted by Crippen LogP contribution is -2.26. The Labute approximate surface area is 84.1 Å². The summed E-state index contributed by atoms with van der Waals surface area (Å²) in [5, 5.41) is 23.4. The molecule has 0 saturated carbocycles. The lowest BCUT2D eigenvalue weighted by atomic mass is 10.4. The lowest BCUT2D eigenvalue weighted by Gasteiger charge is -2.14. The first-order valence-electron chi connectivity index (χ1n) is 4.15. The van der Waals surface area contributed by atoms with E-state index in [0.29, 0.717) is 11.5 Å². The van der Waals surface area contributed by atoms with Gasteiger partial charge in [0, 0.05) is 7.05 Å². The van der Waals surface area contributed by atoms with Crippen LogP contribution in [-0.4, -0.2) is 49.9 Å². The van der Waals surface area contributed by atoms with Crippen molar-refractivity contribution in [3.05, 3.63) is 12.1 Å². The largest absolute Gasteiger partial charge is 0.480 e. The van der Waals surface area contributed by atoms with Gasteiger partial charge in [-0.1, -0.05) is 0 Å². The van der Waals surface area contributed by atoms with E-state index in [9.17, 15) is 4.79 Å². The number of hydrogen-bond donors (Lipinski definition) is 1. The van der Waals surface area contributed by atoms with Crippen molar-refractivity contribution in [2.45, 2.75) is 0 Å². The number of nitrogens with zero attached hydrogens (tertiary/aromatic N) is 6. The highest BCUT2D eigenvalue weighted by atomic mass is 16.4. The van der Waals surface area contributed by atoms with Gasteiger partial charge in [-0.25, -0.2) is 0 Å². The van der Waals surface area contributed by atoms with E-state index < -0.39 is 5.97 Å². The van der Waals surface area contributed by atoms with E-state index in [4.69, 9.17) is 5.11 Å². The number of carboxylic acid groups (broad SMARTS) is 1. The maximum Gasteiger partial charge on any atom is 0.323 e. The van der Waals surface area contributed by atoms with Gasteiger partial charge in [-0.15, -0.1) is 14.8 Å². The van der Waals surface area contributed by atoms with Gasteiger partial charge in [-0.2, -0.15) is 0 Å². The van der Waals surface area contributed by atoms with Crippen LogP contribution in [0, 0.1) is 0 Å². The number of likely N-dealkylation sites (N-methyl/N-ethyl adjacent to an activating group) is 1. The molecule has 0 amide bonds. The van der Waals surface area contributed by atoms with Gasteiger partial charge in [0.05, 0.1) is 0 Å². The summed E-state index contributed by atoms with van der Waals surface area (Å²) in [6.45, 7) is -0.124. The van der Waals surface area contributed by atoms with Gasteiger partial charge in [0.2, 0.25) is 0 Å². The zero-order chi connectivity index (χ0) is 10.8. The zero-order valence-corrected chi connectivity index (χ0v) is 7.90. The second-order valence-corrected chi connectivity index (χ2v) is 2.97. The normalized spacial score (nSPS) is 10.5. The summed E-state index contributed by atoms with van der Waals surface area (Å²) in [4.78, 5) is 12.0. The molecule has 0 atom stereocenters. The molecular formula is C7H8N6O2. The van der Waals surface area contributed by atoms with E-state index in [-0.39, 0.29) is 6.54 Å². The number of aromatic nitrogens is 5. The Bertz CT molecular complexity index is 495. The molecule has 2 rings (SSSR count). The van der Waals surface area contributed by atoms with E-state index in [2.05, 4.69) is 20.6 Å². The molecule has 78 valence electrons. The molecule has 15 heavy (non-hydrogen) atoms. The number of hydrogen-bond acceptors (Lipinski definition) is 6. The van der Waals surface area contributed by atoms with E-state index in [0.717, 1.165) is 0 Å². The Hall–Kier alpha value is -2.25. The van der Waals surface area contributed by atoms with Crippen molar-refractivity contribution in [2.24, 2.45) is 0 Å². The summed E-state index contributed by atoms with van der Waals surface area (Å²) in [5.74, 6) is -0.423. The molecule has 2 heterocycles. The van der Waals surface area contributed by atoms with Gasteiger partial charge in [0.25, 0.3) is 0 Å². The second kappa shape index (κ2) is 3.48. The maximum absolute atomic E-state index is 10.5. The molecule has 0 unspecified atom stereocenters. The van der Waals surface area contributed by atoms with Gasteiger partial charge >= 0.3 is 5.97 Å². The highest BCUT2D eigenvalue weighted by Crippen LogP contribution is 2.07. The molecule has 2 aromatic rings. The van der Waals surface area contributed by atoms with Crippen LogP contribution in [0.3, 0.4) is 0 Å². The molecule has 0 radical (unpaired) electrons. The molecule has 8 heteroatoms. The molecule has 1 N–H and O–H groups in total. The molecule has 0 aromatic carbocycles. The van der Waals surface area contributed by atoms with Crippen LogP contribution in [0.15, 0.2) is 12.1 Å². The van der Waals surface area contributed by atoms with Crippen LogP contribution < -0.4 is 4.90 Å². The van der Waals surface area contributed by atoms with Crippen molar-refractivity contribution in [1.82, 2.24) is 25.3 Å². The van der Waals surface area contributed by atoms with Crippen molar-refractivity contribution >= 4 is 17.4 Å². The summed E-state index contributed by atoms with van der Waals surface area (Å²) in [6, 6.07) is 3.33. The minimum atomic E-state index is -0.920. The molecule has 0 aliphatic carbocycles. The fourth-order valence-electron chi connectivity index (χ4n) is 1.13. The number of anilines is 1. The van der Waals surface area contributed by atoms with Crippen LogP contribution in [0.5, 0.6) is 0 Å². The van der Waals surface area contributed by atoms with Crippen molar-refractivity contribution in [3.63, 3.8) is 0 Å². The number of rotatable bonds is 3.